The molecule has 0 spiro atoms. The minimum Gasteiger partial charge on any atom is -0.460 e. The van der Waals surface area contributed by atoms with Crippen LogP contribution in [0.5, 0.6) is 0 Å². The van der Waals surface area contributed by atoms with Crippen molar-refractivity contribution < 1.29 is 19.1 Å². The molecule has 8 nitrogen and oxygen atoms in total. The highest BCUT2D eigenvalue weighted by Gasteiger charge is 2.22. The van der Waals surface area contributed by atoms with Gasteiger partial charge < -0.3 is 15.0 Å². The summed E-state index contributed by atoms with van der Waals surface area (Å²) in [7, 11) is 0. The molecular formula is C16H22N4O4. The lowest BCUT2D eigenvalue weighted by Crippen LogP contribution is -2.52. The van der Waals surface area contributed by atoms with Crippen molar-refractivity contribution in [2.24, 2.45) is 5.84 Å². The van der Waals surface area contributed by atoms with Gasteiger partial charge in [0.15, 0.2) is 0 Å². The van der Waals surface area contributed by atoms with E-state index in [0.29, 0.717) is 13.1 Å². The number of esters is 1. The molecule has 1 aromatic rings. The van der Waals surface area contributed by atoms with Gasteiger partial charge in [0, 0.05) is 26.2 Å². The second kappa shape index (κ2) is 8.99. The van der Waals surface area contributed by atoms with Crippen molar-refractivity contribution in [1.82, 2.24) is 15.2 Å². The summed E-state index contributed by atoms with van der Waals surface area (Å²) < 4.78 is 5.02. The molecule has 130 valence electrons. The van der Waals surface area contributed by atoms with Gasteiger partial charge in [-0.1, -0.05) is 30.3 Å². The maximum absolute atomic E-state index is 12.0. The van der Waals surface area contributed by atoms with E-state index in [1.165, 1.54) is 0 Å². The average Bonchev–Trinajstić information content (AvgIpc) is 2.61. The number of amides is 2. The number of benzene rings is 1. The summed E-state index contributed by atoms with van der Waals surface area (Å²) in [5, 5.41) is 3.90. The summed E-state index contributed by atoms with van der Waals surface area (Å²) >= 11 is 0. The molecule has 1 aromatic carbocycles. The molecule has 0 saturated carbocycles. The van der Waals surface area contributed by atoms with Crippen LogP contribution in [0, 0.1) is 0 Å². The quantitative estimate of drug-likeness (QED) is 0.233. The Balaban J connectivity index is 1.72. The first-order chi connectivity index (χ1) is 11.6. The van der Waals surface area contributed by atoms with Gasteiger partial charge >= 0.3 is 5.97 Å². The number of ether oxygens (including phenoxy) is 1. The number of rotatable bonds is 6. The van der Waals surface area contributed by atoms with Crippen LogP contribution in [0.3, 0.4) is 0 Å². The van der Waals surface area contributed by atoms with Crippen molar-refractivity contribution >= 4 is 17.8 Å². The van der Waals surface area contributed by atoms with Crippen molar-refractivity contribution in [1.29, 1.82) is 0 Å². The Morgan fingerprint density at radius 2 is 1.83 bits per heavy atom. The van der Waals surface area contributed by atoms with Crippen LogP contribution in [0.25, 0.3) is 0 Å². The van der Waals surface area contributed by atoms with Gasteiger partial charge in [0.2, 0.25) is 11.8 Å². The van der Waals surface area contributed by atoms with Crippen molar-refractivity contribution in [3.63, 3.8) is 0 Å². The zero-order chi connectivity index (χ0) is 17.4. The Hall–Kier alpha value is -2.45. The van der Waals surface area contributed by atoms with E-state index in [0.717, 1.165) is 23.7 Å². The Labute approximate surface area is 140 Å². The number of carbonyl (C=O) groups is 3. The molecule has 1 fully saturated rings. The molecule has 0 atom stereocenters. The predicted molar refractivity (Wildman–Crippen MR) is 86.2 cm³/mol. The minimum absolute atomic E-state index is 0.0945. The molecule has 1 aliphatic rings. The molecule has 1 saturated heterocycles. The average molecular weight is 334 g/mol. The SMILES string of the molecule is NN(CC(=O)N1CCNCC1)C(=O)CC(=O)OCc1ccccc1. The molecular weight excluding hydrogens is 312 g/mol. The van der Waals surface area contributed by atoms with E-state index in [9.17, 15) is 14.4 Å². The fourth-order valence-corrected chi connectivity index (χ4v) is 2.26. The smallest absolute Gasteiger partial charge is 0.315 e. The van der Waals surface area contributed by atoms with Crippen LogP contribution < -0.4 is 11.2 Å². The zero-order valence-corrected chi connectivity index (χ0v) is 13.4. The fraction of sp³-hybridized carbons (Fsp3) is 0.438. The Morgan fingerprint density at radius 3 is 2.50 bits per heavy atom. The molecule has 2 rings (SSSR count). The van der Waals surface area contributed by atoms with Crippen LogP contribution in [0.2, 0.25) is 0 Å². The summed E-state index contributed by atoms with van der Waals surface area (Å²) in [5.74, 6) is 4.05. The molecule has 1 aliphatic heterocycles. The van der Waals surface area contributed by atoms with Crippen molar-refractivity contribution in [3.05, 3.63) is 35.9 Å². The summed E-state index contributed by atoms with van der Waals surface area (Å²) in [6.45, 7) is 2.45. The monoisotopic (exact) mass is 334 g/mol. The van der Waals surface area contributed by atoms with Gasteiger partial charge in [-0.15, -0.1) is 0 Å². The number of hydrogen-bond acceptors (Lipinski definition) is 6. The molecule has 0 unspecified atom stereocenters. The first kappa shape index (κ1) is 17.9. The molecule has 8 heteroatoms. The van der Waals surface area contributed by atoms with E-state index in [4.69, 9.17) is 10.6 Å². The van der Waals surface area contributed by atoms with E-state index in [1.54, 1.807) is 4.90 Å². The van der Waals surface area contributed by atoms with Crippen LogP contribution in [-0.2, 0) is 25.7 Å². The summed E-state index contributed by atoms with van der Waals surface area (Å²) in [5.41, 5.74) is 0.830. The maximum Gasteiger partial charge on any atom is 0.315 e. The third-order valence-corrected chi connectivity index (χ3v) is 3.63. The maximum atomic E-state index is 12.0. The fourth-order valence-electron chi connectivity index (χ4n) is 2.26. The second-order valence-corrected chi connectivity index (χ2v) is 5.48. The highest BCUT2D eigenvalue weighted by atomic mass is 16.5. The first-order valence-corrected chi connectivity index (χ1v) is 7.79. The zero-order valence-electron chi connectivity index (χ0n) is 13.4. The first-order valence-electron chi connectivity index (χ1n) is 7.79. The van der Waals surface area contributed by atoms with Crippen molar-refractivity contribution in [2.75, 3.05) is 32.7 Å². The Kier molecular flexibility index (Phi) is 6.71. The van der Waals surface area contributed by atoms with Gasteiger partial charge in [-0.25, -0.2) is 5.84 Å². The van der Waals surface area contributed by atoms with E-state index >= 15 is 0 Å². The van der Waals surface area contributed by atoms with E-state index < -0.39 is 18.3 Å². The highest BCUT2D eigenvalue weighted by molar-refractivity contribution is 5.95. The van der Waals surface area contributed by atoms with Crippen LogP contribution >= 0.6 is 0 Å². The number of nitrogens with one attached hydrogen (secondary N) is 1. The largest absolute Gasteiger partial charge is 0.460 e. The number of hydrogen-bond donors (Lipinski definition) is 2. The number of nitrogens with zero attached hydrogens (tertiary/aromatic N) is 2. The third-order valence-electron chi connectivity index (χ3n) is 3.63. The number of piperazine rings is 1. The molecule has 3 N–H and O–H groups in total. The molecule has 0 bridgehead atoms. The lowest BCUT2D eigenvalue weighted by Gasteiger charge is -2.29. The topological polar surface area (TPSA) is 105 Å². The predicted octanol–water partition coefficient (Wildman–Crippen LogP) is -0.746. The molecule has 0 radical (unpaired) electrons. The van der Waals surface area contributed by atoms with Crippen molar-refractivity contribution in [3.8, 4) is 0 Å². The number of carbonyl (C=O) groups excluding carboxylic acids is 3. The number of hydrazine groups is 1. The van der Waals surface area contributed by atoms with Gasteiger partial charge in [-0.3, -0.25) is 19.4 Å². The molecule has 0 aliphatic carbocycles. The van der Waals surface area contributed by atoms with Gasteiger partial charge in [-0.05, 0) is 5.56 Å². The van der Waals surface area contributed by atoms with Gasteiger partial charge in [0.05, 0.1) is 0 Å². The van der Waals surface area contributed by atoms with Gasteiger partial charge in [0.25, 0.3) is 0 Å². The van der Waals surface area contributed by atoms with E-state index in [2.05, 4.69) is 5.32 Å². The molecule has 0 aromatic heterocycles. The summed E-state index contributed by atoms with van der Waals surface area (Å²) in [4.78, 5) is 37.2. The Bertz CT molecular complexity index is 573. The summed E-state index contributed by atoms with van der Waals surface area (Å²) in [6, 6.07) is 9.15. The van der Waals surface area contributed by atoms with E-state index in [1.807, 2.05) is 30.3 Å². The normalized spacial score (nSPS) is 14.1. The van der Waals surface area contributed by atoms with Gasteiger partial charge in [-0.2, -0.15) is 0 Å². The lowest BCUT2D eigenvalue weighted by molar-refractivity contribution is -0.152. The van der Waals surface area contributed by atoms with Crippen LogP contribution in [0.1, 0.15) is 12.0 Å². The summed E-state index contributed by atoms with van der Waals surface area (Å²) in [6.07, 6.45) is -0.488. The standard InChI is InChI=1S/C16H22N4O4/c17-20(11-15(22)19-8-6-18-7-9-19)14(21)10-16(23)24-12-13-4-2-1-3-5-13/h1-5,18H,6-12,17H2. The molecule has 2 amide bonds. The lowest BCUT2D eigenvalue weighted by atomic mass is 10.2. The van der Waals surface area contributed by atoms with Crippen LogP contribution in [-0.4, -0.2) is 60.4 Å². The van der Waals surface area contributed by atoms with Crippen LogP contribution in [0.4, 0.5) is 0 Å². The molecule has 1 heterocycles. The second-order valence-electron chi connectivity index (χ2n) is 5.48. The van der Waals surface area contributed by atoms with Gasteiger partial charge in [0.1, 0.15) is 19.6 Å². The van der Waals surface area contributed by atoms with Crippen LogP contribution in [0.15, 0.2) is 30.3 Å². The number of nitrogens with two attached hydrogens (primary N) is 1. The molecule has 24 heavy (non-hydrogen) atoms. The minimum atomic E-state index is -0.672. The highest BCUT2D eigenvalue weighted by Crippen LogP contribution is 2.03. The van der Waals surface area contributed by atoms with Crippen molar-refractivity contribution in [2.45, 2.75) is 13.0 Å². The Morgan fingerprint density at radius 1 is 1.17 bits per heavy atom. The van der Waals surface area contributed by atoms with E-state index in [-0.39, 0.29) is 19.1 Å². The third kappa shape index (κ3) is 5.64.